The maximum absolute atomic E-state index is 12.4. The van der Waals surface area contributed by atoms with E-state index in [4.69, 9.17) is 0 Å². The lowest BCUT2D eigenvalue weighted by Crippen LogP contribution is -2.53. The van der Waals surface area contributed by atoms with Crippen molar-refractivity contribution in [3.05, 3.63) is 0 Å². The Balaban J connectivity index is 1.95. The zero-order chi connectivity index (χ0) is 13.4. The lowest BCUT2D eigenvalue weighted by Gasteiger charge is -2.39. The molecule has 0 N–H and O–H groups in total. The van der Waals surface area contributed by atoms with Gasteiger partial charge in [0, 0.05) is 32.2 Å². The summed E-state index contributed by atoms with van der Waals surface area (Å²) < 4.78 is 26.1. The lowest BCUT2D eigenvalue weighted by atomic mass is 10.1. The molecule has 0 unspecified atom stereocenters. The number of sulfonamides is 1. The fourth-order valence-electron chi connectivity index (χ4n) is 2.86. The van der Waals surface area contributed by atoms with Gasteiger partial charge in [-0.3, -0.25) is 4.90 Å². The Hall–Kier alpha value is -0.130. The molecule has 0 aromatic heterocycles. The van der Waals surface area contributed by atoms with E-state index in [-0.39, 0.29) is 0 Å². The second-order valence-corrected chi connectivity index (χ2v) is 8.31. The van der Waals surface area contributed by atoms with Crippen LogP contribution in [-0.2, 0) is 10.0 Å². The maximum Gasteiger partial charge on any atom is 0.219 e. The molecule has 1 heterocycles. The van der Waals surface area contributed by atoms with Crippen LogP contribution < -0.4 is 0 Å². The number of nitrogens with zero attached hydrogens (tertiary/aromatic N) is 2. The third-order valence-electron chi connectivity index (χ3n) is 4.65. The molecule has 2 rings (SSSR count). The summed E-state index contributed by atoms with van der Waals surface area (Å²) in [6.45, 7) is 9.44. The van der Waals surface area contributed by atoms with Crippen molar-refractivity contribution in [3.63, 3.8) is 0 Å². The standard InChI is InChI=1S/C13H26N2O2S/c1-4-12(5-2)14-8-10-15(11-9-14)18(16,17)13(3)6-7-13/h12H,4-11H2,1-3H3. The van der Waals surface area contributed by atoms with Crippen molar-refractivity contribution in [2.75, 3.05) is 26.2 Å². The molecule has 18 heavy (non-hydrogen) atoms. The van der Waals surface area contributed by atoms with Gasteiger partial charge in [-0.2, -0.15) is 4.31 Å². The van der Waals surface area contributed by atoms with Crippen LogP contribution in [0.1, 0.15) is 46.5 Å². The van der Waals surface area contributed by atoms with Gasteiger partial charge in [-0.15, -0.1) is 0 Å². The fourth-order valence-corrected chi connectivity index (χ4v) is 4.75. The van der Waals surface area contributed by atoms with E-state index in [0.29, 0.717) is 19.1 Å². The summed E-state index contributed by atoms with van der Waals surface area (Å²) in [5.74, 6) is 0. The van der Waals surface area contributed by atoms with E-state index in [0.717, 1.165) is 38.8 Å². The van der Waals surface area contributed by atoms with Crippen LogP contribution in [0, 0.1) is 0 Å². The van der Waals surface area contributed by atoms with E-state index < -0.39 is 14.8 Å². The summed E-state index contributed by atoms with van der Waals surface area (Å²) in [5, 5.41) is 0. The first-order valence-electron chi connectivity index (χ1n) is 7.18. The SMILES string of the molecule is CCC(CC)N1CCN(S(=O)(=O)C2(C)CC2)CC1. The summed E-state index contributed by atoms with van der Waals surface area (Å²) in [7, 11) is -3.04. The molecule has 2 aliphatic rings. The topological polar surface area (TPSA) is 40.6 Å². The first kappa shape index (κ1) is 14.3. The largest absolute Gasteiger partial charge is 0.298 e. The highest BCUT2D eigenvalue weighted by atomic mass is 32.2. The zero-order valence-electron chi connectivity index (χ0n) is 11.9. The van der Waals surface area contributed by atoms with E-state index in [9.17, 15) is 8.42 Å². The summed E-state index contributed by atoms with van der Waals surface area (Å²) in [6, 6.07) is 0.617. The fraction of sp³-hybridized carbons (Fsp3) is 1.00. The molecule has 1 aliphatic carbocycles. The van der Waals surface area contributed by atoms with Crippen molar-refractivity contribution in [2.45, 2.75) is 57.2 Å². The van der Waals surface area contributed by atoms with E-state index in [1.807, 2.05) is 6.92 Å². The highest BCUT2D eigenvalue weighted by molar-refractivity contribution is 7.90. The second-order valence-electron chi connectivity index (χ2n) is 5.86. The Labute approximate surface area is 111 Å². The van der Waals surface area contributed by atoms with Crippen LogP contribution in [0.15, 0.2) is 0 Å². The molecule has 0 amide bonds. The van der Waals surface area contributed by atoms with Crippen LogP contribution in [0.2, 0.25) is 0 Å². The van der Waals surface area contributed by atoms with Crippen molar-refractivity contribution in [1.82, 2.24) is 9.21 Å². The van der Waals surface area contributed by atoms with E-state index >= 15 is 0 Å². The molecule has 0 aromatic carbocycles. The number of piperazine rings is 1. The highest BCUT2D eigenvalue weighted by Crippen LogP contribution is 2.44. The van der Waals surface area contributed by atoms with Gasteiger partial charge in [0.2, 0.25) is 10.0 Å². The Morgan fingerprint density at radius 3 is 1.94 bits per heavy atom. The monoisotopic (exact) mass is 274 g/mol. The molecule has 4 nitrogen and oxygen atoms in total. The van der Waals surface area contributed by atoms with Gasteiger partial charge < -0.3 is 0 Å². The minimum absolute atomic E-state index is 0.440. The molecule has 1 saturated heterocycles. The van der Waals surface area contributed by atoms with Crippen LogP contribution in [-0.4, -0.2) is 54.6 Å². The van der Waals surface area contributed by atoms with Crippen molar-refractivity contribution in [1.29, 1.82) is 0 Å². The van der Waals surface area contributed by atoms with Gasteiger partial charge in [0.25, 0.3) is 0 Å². The summed E-state index contributed by atoms with van der Waals surface area (Å²) in [5.41, 5.74) is 0. The molecule has 1 saturated carbocycles. The molecule has 0 aromatic rings. The van der Waals surface area contributed by atoms with Crippen molar-refractivity contribution in [2.24, 2.45) is 0 Å². The number of hydrogen-bond acceptors (Lipinski definition) is 3. The van der Waals surface area contributed by atoms with Gasteiger partial charge in [0.15, 0.2) is 0 Å². The summed E-state index contributed by atoms with van der Waals surface area (Å²) in [4.78, 5) is 2.45. The van der Waals surface area contributed by atoms with Gasteiger partial charge in [-0.1, -0.05) is 13.8 Å². The number of rotatable bonds is 5. The third kappa shape index (κ3) is 2.45. The van der Waals surface area contributed by atoms with Crippen LogP contribution in [0.5, 0.6) is 0 Å². The van der Waals surface area contributed by atoms with Gasteiger partial charge >= 0.3 is 0 Å². The average Bonchev–Trinajstić information content (AvgIpc) is 3.11. The molecule has 0 spiro atoms. The Kier molecular flexibility index (Phi) is 4.04. The smallest absolute Gasteiger partial charge is 0.219 e. The van der Waals surface area contributed by atoms with Crippen molar-refractivity contribution >= 4 is 10.0 Å². The maximum atomic E-state index is 12.4. The summed E-state index contributed by atoms with van der Waals surface area (Å²) >= 11 is 0. The number of hydrogen-bond donors (Lipinski definition) is 0. The molecule has 106 valence electrons. The minimum Gasteiger partial charge on any atom is -0.298 e. The van der Waals surface area contributed by atoms with Gasteiger partial charge in [0.05, 0.1) is 4.75 Å². The zero-order valence-corrected chi connectivity index (χ0v) is 12.7. The molecule has 1 aliphatic heterocycles. The summed E-state index contributed by atoms with van der Waals surface area (Å²) in [6.07, 6.45) is 3.98. The van der Waals surface area contributed by atoms with Crippen LogP contribution in [0.4, 0.5) is 0 Å². The Morgan fingerprint density at radius 2 is 1.56 bits per heavy atom. The molecular formula is C13H26N2O2S. The average molecular weight is 274 g/mol. The molecule has 0 radical (unpaired) electrons. The molecule has 5 heteroatoms. The van der Waals surface area contributed by atoms with E-state index in [1.54, 1.807) is 4.31 Å². The van der Waals surface area contributed by atoms with Crippen molar-refractivity contribution < 1.29 is 8.42 Å². The second kappa shape index (κ2) is 5.10. The lowest BCUT2D eigenvalue weighted by molar-refractivity contribution is 0.130. The first-order valence-corrected chi connectivity index (χ1v) is 8.62. The molecule has 0 atom stereocenters. The van der Waals surface area contributed by atoms with Crippen LogP contribution >= 0.6 is 0 Å². The normalized spacial score (nSPS) is 25.6. The minimum atomic E-state index is -3.04. The predicted molar refractivity (Wildman–Crippen MR) is 74.1 cm³/mol. The Morgan fingerprint density at radius 1 is 1.06 bits per heavy atom. The Bertz CT molecular complexity index is 378. The highest BCUT2D eigenvalue weighted by Gasteiger charge is 2.53. The van der Waals surface area contributed by atoms with Gasteiger partial charge in [-0.05, 0) is 32.6 Å². The molecule has 2 fully saturated rings. The molecular weight excluding hydrogens is 248 g/mol. The van der Waals surface area contributed by atoms with Gasteiger partial charge in [-0.25, -0.2) is 8.42 Å². The van der Waals surface area contributed by atoms with Crippen LogP contribution in [0.3, 0.4) is 0 Å². The third-order valence-corrected chi connectivity index (χ3v) is 7.35. The predicted octanol–water partition coefficient (Wildman–Crippen LogP) is 1.67. The quantitative estimate of drug-likeness (QED) is 0.766. The van der Waals surface area contributed by atoms with E-state index in [2.05, 4.69) is 18.7 Å². The molecule has 0 bridgehead atoms. The van der Waals surface area contributed by atoms with Crippen molar-refractivity contribution in [3.8, 4) is 0 Å². The first-order chi connectivity index (χ1) is 8.44. The van der Waals surface area contributed by atoms with Gasteiger partial charge in [0.1, 0.15) is 0 Å². The van der Waals surface area contributed by atoms with Crippen LogP contribution in [0.25, 0.3) is 0 Å². The van der Waals surface area contributed by atoms with E-state index in [1.165, 1.54) is 0 Å².